The molecule has 2 N–H and O–H groups in total. The number of amides is 1. The highest BCUT2D eigenvalue weighted by atomic mass is 32.1. The number of carbonyl (C=O) groups excluding carboxylic acids is 1. The summed E-state index contributed by atoms with van der Waals surface area (Å²) in [6.07, 6.45) is -1.66. The van der Waals surface area contributed by atoms with Gasteiger partial charge in [0.05, 0.1) is 29.6 Å². The van der Waals surface area contributed by atoms with Crippen molar-refractivity contribution in [1.29, 1.82) is 0 Å². The van der Waals surface area contributed by atoms with Gasteiger partial charge in [-0.1, -0.05) is 54.6 Å². The number of rotatable bonds is 8. The van der Waals surface area contributed by atoms with Crippen molar-refractivity contribution in [1.82, 2.24) is 14.9 Å². The minimum absolute atomic E-state index is 0.194. The summed E-state index contributed by atoms with van der Waals surface area (Å²) in [6, 6.07) is 23.6. The van der Waals surface area contributed by atoms with Crippen molar-refractivity contribution in [2.75, 3.05) is 13.7 Å². The molecule has 0 unspecified atom stereocenters. The molecule has 0 saturated heterocycles. The van der Waals surface area contributed by atoms with Gasteiger partial charge >= 0.3 is 12.1 Å². The Bertz CT molecular complexity index is 1750. The average Bonchev–Trinajstić information content (AvgIpc) is 3.39. The summed E-state index contributed by atoms with van der Waals surface area (Å²) in [7, 11) is 1.51. The SMILES string of the molecule is COc1c(C(=O)NCCCc2ccccc2)sc2c1c(=O)n(Cc1ccccn1)c1ccccc21.O=C(O)C(F)(F)F. The Morgan fingerprint density at radius 1 is 1.02 bits per heavy atom. The van der Waals surface area contributed by atoms with Crippen LogP contribution in [0.25, 0.3) is 21.0 Å². The molecule has 5 aromatic rings. The van der Waals surface area contributed by atoms with E-state index in [1.807, 2.05) is 60.7 Å². The lowest BCUT2D eigenvalue weighted by Gasteiger charge is -2.11. The Labute approximate surface area is 242 Å². The first-order valence-electron chi connectivity index (χ1n) is 12.8. The number of fused-ring (bicyclic) bond motifs is 3. The minimum atomic E-state index is -5.08. The zero-order valence-corrected chi connectivity index (χ0v) is 23.2. The number of benzene rings is 2. The Kier molecular flexibility index (Phi) is 9.58. The number of nitrogens with zero attached hydrogens (tertiary/aromatic N) is 2. The van der Waals surface area contributed by atoms with Crippen LogP contribution in [0.1, 0.15) is 27.3 Å². The van der Waals surface area contributed by atoms with Crippen LogP contribution in [0.15, 0.2) is 83.8 Å². The number of methoxy groups -OCH3 is 1. The Hall–Kier alpha value is -4.71. The van der Waals surface area contributed by atoms with E-state index >= 15 is 0 Å². The van der Waals surface area contributed by atoms with E-state index in [-0.39, 0.29) is 11.5 Å². The third kappa shape index (κ3) is 6.95. The number of ether oxygens (including phenoxy) is 1. The molecule has 0 aliphatic carbocycles. The number of carboxylic acid groups (broad SMARTS) is 1. The van der Waals surface area contributed by atoms with Gasteiger partial charge in [0.25, 0.3) is 11.5 Å². The van der Waals surface area contributed by atoms with Crippen LogP contribution < -0.4 is 15.6 Å². The largest absolute Gasteiger partial charge is 0.494 e. The number of aromatic nitrogens is 2. The summed E-state index contributed by atoms with van der Waals surface area (Å²) in [5.41, 5.74) is 2.63. The van der Waals surface area contributed by atoms with Crippen LogP contribution in [0.3, 0.4) is 0 Å². The predicted molar refractivity (Wildman–Crippen MR) is 154 cm³/mol. The number of aliphatic carboxylic acids is 1. The van der Waals surface area contributed by atoms with Gasteiger partial charge in [-0.05, 0) is 36.6 Å². The number of carboxylic acids is 1. The molecule has 218 valence electrons. The molecule has 3 heterocycles. The molecular formula is C30H26F3N3O5S. The van der Waals surface area contributed by atoms with Gasteiger partial charge in [0, 0.05) is 18.1 Å². The van der Waals surface area contributed by atoms with Gasteiger partial charge in [0.15, 0.2) is 5.75 Å². The molecule has 0 atom stereocenters. The summed E-state index contributed by atoms with van der Waals surface area (Å²) >= 11 is 1.30. The number of carbonyl (C=O) groups is 2. The molecule has 1 amide bonds. The van der Waals surface area contributed by atoms with E-state index in [2.05, 4.69) is 22.4 Å². The van der Waals surface area contributed by atoms with Crippen molar-refractivity contribution >= 4 is 44.2 Å². The van der Waals surface area contributed by atoms with Crippen molar-refractivity contribution in [3.05, 3.63) is 105 Å². The number of hydrogen-bond donors (Lipinski definition) is 2. The maximum Gasteiger partial charge on any atom is 0.490 e. The van der Waals surface area contributed by atoms with Crippen LogP contribution in [0.2, 0.25) is 0 Å². The second-order valence-corrected chi connectivity index (χ2v) is 10.1. The molecule has 42 heavy (non-hydrogen) atoms. The number of hydrogen-bond acceptors (Lipinski definition) is 6. The lowest BCUT2D eigenvalue weighted by molar-refractivity contribution is -0.192. The van der Waals surface area contributed by atoms with Crippen molar-refractivity contribution in [2.45, 2.75) is 25.6 Å². The van der Waals surface area contributed by atoms with Gasteiger partial charge in [-0.2, -0.15) is 13.2 Å². The summed E-state index contributed by atoms with van der Waals surface area (Å²) < 4.78 is 39.9. The van der Waals surface area contributed by atoms with E-state index in [9.17, 15) is 22.8 Å². The second kappa shape index (κ2) is 13.3. The fourth-order valence-corrected chi connectivity index (χ4v) is 5.53. The van der Waals surface area contributed by atoms with Crippen molar-refractivity contribution in [3.63, 3.8) is 0 Å². The first-order valence-corrected chi connectivity index (χ1v) is 13.6. The normalized spacial score (nSPS) is 11.1. The number of aryl methyl sites for hydroxylation is 1. The Balaban J connectivity index is 0.000000517. The smallest absolute Gasteiger partial charge is 0.490 e. The van der Waals surface area contributed by atoms with Crippen LogP contribution in [0.4, 0.5) is 13.2 Å². The third-order valence-electron chi connectivity index (χ3n) is 6.23. The summed E-state index contributed by atoms with van der Waals surface area (Å²) in [5.74, 6) is -2.65. The molecule has 0 spiro atoms. The number of nitrogens with one attached hydrogen (secondary N) is 1. The zero-order chi connectivity index (χ0) is 30.3. The van der Waals surface area contributed by atoms with Gasteiger partial charge in [0.1, 0.15) is 10.3 Å². The van der Waals surface area contributed by atoms with E-state index in [1.54, 1.807) is 10.8 Å². The topological polar surface area (TPSA) is 111 Å². The van der Waals surface area contributed by atoms with Crippen LogP contribution in [-0.4, -0.2) is 46.4 Å². The molecule has 0 fully saturated rings. The molecular weight excluding hydrogens is 571 g/mol. The lowest BCUT2D eigenvalue weighted by Crippen LogP contribution is -2.24. The molecule has 3 aromatic heterocycles. The van der Waals surface area contributed by atoms with Crippen LogP contribution >= 0.6 is 11.3 Å². The lowest BCUT2D eigenvalue weighted by atomic mass is 10.1. The number of halogens is 3. The van der Waals surface area contributed by atoms with Gasteiger partial charge in [-0.25, -0.2) is 4.79 Å². The van der Waals surface area contributed by atoms with Crippen molar-refractivity contribution in [2.24, 2.45) is 0 Å². The summed E-state index contributed by atoms with van der Waals surface area (Å²) in [5, 5.41) is 11.5. The van der Waals surface area contributed by atoms with Gasteiger partial charge in [-0.3, -0.25) is 14.6 Å². The standard InChI is InChI=1S/C28H25N3O3S.C2HF3O2/c1-34-24-23-25(35-26(24)27(32)30-17-9-12-19-10-3-2-4-11-19)21-14-5-6-15-22(21)31(28(23)33)18-20-13-7-8-16-29-20;3-2(4,5)1(6)7/h2-8,10-11,13-16H,9,12,17-18H2,1H3,(H,30,32);(H,6,7). The maximum atomic E-state index is 13.7. The van der Waals surface area contributed by atoms with E-state index in [0.29, 0.717) is 29.1 Å². The fourth-order valence-electron chi connectivity index (χ4n) is 4.32. The van der Waals surface area contributed by atoms with Crippen LogP contribution in [-0.2, 0) is 17.8 Å². The highest BCUT2D eigenvalue weighted by molar-refractivity contribution is 7.22. The van der Waals surface area contributed by atoms with Gasteiger partial charge in [-0.15, -0.1) is 11.3 Å². The predicted octanol–water partition coefficient (Wildman–Crippen LogP) is 5.66. The second-order valence-electron chi connectivity index (χ2n) is 9.05. The van der Waals surface area contributed by atoms with E-state index in [1.165, 1.54) is 24.0 Å². The summed E-state index contributed by atoms with van der Waals surface area (Å²) in [4.78, 5) is 40.5. The average molecular weight is 598 g/mol. The van der Waals surface area contributed by atoms with E-state index < -0.39 is 12.1 Å². The first-order chi connectivity index (χ1) is 20.1. The monoisotopic (exact) mass is 597 g/mol. The van der Waals surface area contributed by atoms with Crippen LogP contribution in [0, 0.1) is 0 Å². The molecule has 8 nitrogen and oxygen atoms in total. The van der Waals surface area contributed by atoms with Crippen LogP contribution in [0.5, 0.6) is 5.75 Å². The fraction of sp³-hybridized carbons (Fsp3) is 0.200. The van der Waals surface area contributed by atoms with Crippen molar-refractivity contribution in [3.8, 4) is 5.75 Å². The van der Waals surface area contributed by atoms with Crippen molar-refractivity contribution < 1.29 is 32.6 Å². The first kappa shape index (κ1) is 30.3. The molecule has 5 rings (SSSR count). The zero-order valence-electron chi connectivity index (χ0n) is 22.4. The number of pyridine rings is 2. The highest BCUT2D eigenvalue weighted by Gasteiger charge is 2.38. The highest BCUT2D eigenvalue weighted by Crippen LogP contribution is 2.39. The Morgan fingerprint density at radius 2 is 1.69 bits per heavy atom. The molecule has 0 aliphatic heterocycles. The molecule has 0 radical (unpaired) electrons. The Morgan fingerprint density at radius 3 is 2.33 bits per heavy atom. The van der Waals surface area contributed by atoms with Gasteiger partial charge in [0.2, 0.25) is 0 Å². The minimum Gasteiger partial charge on any atom is -0.494 e. The molecule has 0 aliphatic rings. The number of thiophene rings is 1. The third-order valence-corrected chi connectivity index (χ3v) is 7.44. The molecule has 12 heteroatoms. The number of alkyl halides is 3. The maximum absolute atomic E-state index is 13.7. The quantitative estimate of drug-likeness (QED) is 0.223. The summed E-state index contributed by atoms with van der Waals surface area (Å²) in [6.45, 7) is 0.867. The molecule has 0 saturated carbocycles. The van der Waals surface area contributed by atoms with E-state index in [0.717, 1.165) is 34.1 Å². The van der Waals surface area contributed by atoms with E-state index in [4.69, 9.17) is 14.6 Å². The van der Waals surface area contributed by atoms with Gasteiger partial charge < -0.3 is 19.7 Å². The molecule has 0 bridgehead atoms. The number of para-hydroxylation sites is 1. The molecule has 2 aromatic carbocycles.